The standard InChI is InChI=1S/C13H22N2O4S/c1-10(15-8-12(19-3)9-18-2)11-4-6-13(7-5-11)20(14,16)17/h4-7,10,12,15H,8-9H2,1-3H3,(H2,14,16,17). The van der Waals surface area contributed by atoms with E-state index in [4.69, 9.17) is 14.6 Å². The van der Waals surface area contributed by atoms with Crippen LogP contribution in [0.2, 0.25) is 0 Å². The summed E-state index contributed by atoms with van der Waals surface area (Å²) in [5.41, 5.74) is 0.977. The molecule has 7 heteroatoms. The van der Waals surface area contributed by atoms with Gasteiger partial charge in [-0.1, -0.05) is 12.1 Å². The van der Waals surface area contributed by atoms with Crippen LogP contribution in [-0.4, -0.2) is 41.9 Å². The van der Waals surface area contributed by atoms with E-state index in [0.717, 1.165) is 5.56 Å². The molecule has 1 rings (SSSR count). The molecule has 1 aromatic rings. The highest BCUT2D eigenvalue weighted by atomic mass is 32.2. The van der Waals surface area contributed by atoms with Crippen LogP contribution in [0.3, 0.4) is 0 Å². The van der Waals surface area contributed by atoms with Crippen molar-refractivity contribution in [3.05, 3.63) is 29.8 Å². The minimum absolute atomic E-state index is 0.0221. The lowest BCUT2D eigenvalue weighted by molar-refractivity contribution is 0.0276. The zero-order valence-corrected chi connectivity index (χ0v) is 12.8. The summed E-state index contributed by atoms with van der Waals surface area (Å²) in [6, 6.07) is 6.57. The second-order valence-electron chi connectivity index (χ2n) is 4.56. The highest BCUT2D eigenvalue weighted by Crippen LogP contribution is 2.15. The molecule has 0 aliphatic rings. The highest BCUT2D eigenvalue weighted by molar-refractivity contribution is 7.89. The quantitative estimate of drug-likeness (QED) is 0.735. The summed E-state index contributed by atoms with van der Waals surface area (Å²) < 4.78 is 32.6. The third-order valence-electron chi connectivity index (χ3n) is 3.05. The summed E-state index contributed by atoms with van der Waals surface area (Å²) in [4.78, 5) is 0.114. The van der Waals surface area contributed by atoms with Crippen molar-refractivity contribution in [2.24, 2.45) is 5.14 Å². The van der Waals surface area contributed by atoms with Crippen LogP contribution >= 0.6 is 0 Å². The average Bonchev–Trinajstić information content (AvgIpc) is 2.42. The molecular weight excluding hydrogens is 280 g/mol. The molecule has 0 heterocycles. The Kier molecular flexibility index (Phi) is 6.57. The Bertz CT molecular complexity index is 502. The third kappa shape index (κ3) is 5.18. The molecule has 3 N–H and O–H groups in total. The smallest absolute Gasteiger partial charge is 0.238 e. The molecule has 20 heavy (non-hydrogen) atoms. The fraction of sp³-hybridized carbons (Fsp3) is 0.538. The number of methoxy groups -OCH3 is 2. The van der Waals surface area contributed by atoms with Crippen LogP contribution in [0.1, 0.15) is 18.5 Å². The number of nitrogens with two attached hydrogens (primary N) is 1. The molecule has 0 amide bonds. The van der Waals surface area contributed by atoms with Gasteiger partial charge in [-0.15, -0.1) is 0 Å². The number of rotatable bonds is 8. The van der Waals surface area contributed by atoms with Crippen molar-refractivity contribution in [2.75, 3.05) is 27.4 Å². The van der Waals surface area contributed by atoms with Crippen molar-refractivity contribution in [1.82, 2.24) is 5.32 Å². The predicted octanol–water partition coefficient (Wildman–Crippen LogP) is 0.646. The van der Waals surface area contributed by atoms with Crippen LogP contribution in [0.4, 0.5) is 0 Å². The Labute approximate surface area is 120 Å². The van der Waals surface area contributed by atoms with Crippen molar-refractivity contribution in [3.63, 3.8) is 0 Å². The first-order chi connectivity index (χ1) is 9.38. The van der Waals surface area contributed by atoms with Crippen LogP contribution in [-0.2, 0) is 19.5 Å². The maximum absolute atomic E-state index is 11.2. The summed E-state index contributed by atoms with van der Waals surface area (Å²) in [5, 5.41) is 8.37. The Morgan fingerprint density at radius 2 is 1.85 bits per heavy atom. The van der Waals surface area contributed by atoms with Gasteiger partial charge in [0, 0.05) is 26.8 Å². The second-order valence-corrected chi connectivity index (χ2v) is 6.12. The molecule has 0 fully saturated rings. The van der Waals surface area contributed by atoms with Gasteiger partial charge in [0.25, 0.3) is 0 Å². The first kappa shape index (κ1) is 17.1. The topological polar surface area (TPSA) is 90.6 Å². The van der Waals surface area contributed by atoms with Crippen LogP contribution < -0.4 is 10.5 Å². The van der Waals surface area contributed by atoms with E-state index in [9.17, 15) is 8.42 Å². The third-order valence-corrected chi connectivity index (χ3v) is 3.98. The lowest BCUT2D eigenvalue weighted by Crippen LogP contribution is -2.33. The van der Waals surface area contributed by atoms with E-state index >= 15 is 0 Å². The van der Waals surface area contributed by atoms with Gasteiger partial charge in [0.1, 0.15) is 0 Å². The molecule has 0 bridgehead atoms. The number of nitrogens with one attached hydrogen (secondary N) is 1. The minimum Gasteiger partial charge on any atom is -0.382 e. The summed E-state index contributed by atoms with van der Waals surface area (Å²) in [5.74, 6) is 0. The number of hydrogen-bond acceptors (Lipinski definition) is 5. The molecule has 6 nitrogen and oxygen atoms in total. The molecule has 0 aromatic heterocycles. The molecule has 0 saturated heterocycles. The zero-order chi connectivity index (χ0) is 15.2. The fourth-order valence-electron chi connectivity index (χ4n) is 1.77. The molecule has 2 atom stereocenters. The number of hydrogen-bond donors (Lipinski definition) is 2. The van der Waals surface area contributed by atoms with E-state index in [1.165, 1.54) is 12.1 Å². The van der Waals surface area contributed by atoms with E-state index < -0.39 is 10.0 Å². The van der Waals surface area contributed by atoms with Crippen molar-refractivity contribution in [1.29, 1.82) is 0 Å². The van der Waals surface area contributed by atoms with Crippen LogP contribution in [0.25, 0.3) is 0 Å². The van der Waals surface area contributed by atoms with Crippen molar-refractivity contribution in [3.8, 4) is 0 Å². The van der Waals surface area contributed by atoms with Crippen molar-refractivity contribution in [2.45, 2.75) is 24.0 Å². The first-order valence-electron chi connectivity index (χ1n) is 6.26. The number of sulfonamides is 1. The zero-order valence-electron chi connectivity index (χ0n) is 12.0. The van der Waals surface area contributed by atoms with Gasteiger partial charge in [-0.3, -0.25) is 0 Å². The Hall–Kier alpha value is -0.990. The number of ether oxygens (including phenoxy) is 2. The molecular formula is C13H22N2O4S. The maximum atomic E-state index is 11.2. The molecule has 1 aromatic carbocycles. The van der Waals surface area contributed by atoms with Crippen molar-refractivity contribution >= 4 is 10.0 Å². The van der Waals surface area contributed by atoms with Gasteiger partial charge in [0.2, 0.25) is 10.0 Å². The van der Waals surface area contributed by atoms with E-state index in [1.54, 1.807) is 26.4 Å². The molecule has 0 spiro atoms. The van der Waals surface area contributed by atoms with Gasteiger partial charge in [0.15, 0.2) is 0 Å². The summed E-state index contributed by atoms with van der Waals surface area (Å²) in [6.07, 6.45) is -0.0221. The van der Waals surface area contributed by atoms with Gasteiger partial charge in [-0.2, -0.15) is 0 Å². The van der Waals surface area contributed by atoms with Crippen LogP contribution in [0.5, 0.6) is 0 Å². The molecule has 0 aliphatic carbocycles. The Morgan fingerprint density at radius 3 is 2.30 bits per heavy atom. The summed E-state index contributed by atoms with van der Waals surface area (Å²) >= 11 is 0. The van der Waals surface area contributed by atoms with Gasteiger partial charge in [-0.05, 0) is 24.6 Å². The summed E-state index contributed by atoms with van der Waals surface area (Å²) in [7, 11) is -0.377. The monoisotopic (exact) mass is 302 g/mol. The first-order valence-corrected chi connectivity index (χ1v) is 7.81. The van der Waals surface area contributed by atoms with Crippen molar-refractivity contribution < 1.29 is 17.9 Å². The Balaban J connectivity index is 2.62. The molecule has 0 radical (unpaired) electrons. The van der Waals surface area contributed by atoms with E-state index in [0.29, 0.717) is 13.2 Å². The van der Waals surface area contributed by atoms with Crippen LogP contribution in [0, 0.1) is 0 Å². The number of primary sulfonamides is 1. The maximum Gasteiger partial charge on any atom is 0.238 e. The van der Waals surface area contributed by atoms with Crippen LogP contribution in [0.15, 0.2) is 29.2 Å². The lowest BCUT2D eigenvalue weighted by atomic mass is 10.1. The van der Waals surface area contributed by atoms with Gasteiger partial charge in [-0.25, -0.2) is 13.6 Å². The highest BCUT2D eigenvalue weighted by Gasteiger charge is 2.12. The largest absolute Gasteiger partial charge is 0.382 e. The molecule has 0 aliphatic heterocycles. The minimum atomic E-state index is -3.64. The summed E-state index contributed by atoms with van der Waals surface area (Å²) in [6.45, 7) is 3.15. The normalized spacial score (nSPS) is 15.0. The SMILES string of the molecule is COCC(CNC(C)c1ccc(S(N)(=O)=O)cc1)OC. The molecule has 0 saturated carbocycles. The van der Waals surface area contributed by atoms with Gasteiger partial charge in [0.05, 0.1) is 17.6 Å². The van der Waals surface area contributed by atoms with Gasteiger partial charge < -0.3 is 14.8 Å². The molecule has 2 unspecified atom stereocenters. The van der Waals surface area contributed by atoms with E-state index in [2.05, 4.69) is 5.32 Å². The Morgan fingerprint density at radius 1 is 1.25 bits per heavy atom. The lowest BCUT2D eigenvalue weighted by Gasteiger charge is -2.19. The predicted molar refractivity (Wildman–Crippen MR) is 76.9 cm³/mol. The van der Waals surface area contributed by atoms with E-state index in [1.807, 2.05) is 6.92 Å². The fourth-order valence-corrected chi connectivity index (χ4v) is 2.28. The van der Waals surface area contributed by atoms with Gasteiger partial charge >= 0.3 is 0 Å². The average molecular weight is 302 g/mol. The molecule has 114 valence electrons. The number of benzene rings is 1. The van der Waals surface area contributed by atoms with E-state index in [-0.39, 0.29) is 17.0 Å². The second kappa shape index (κ2) is 7.70.